The summed E-state index contributed by atoms with van der Waals surface area (Å²) in [5.41, 5.74) is 0.679. The summed E-state index contributed by atoms with van der Waals surface area (Å²) in [6.07, 6.45) is -0.766. The zero-order valence-electron chi connectivity index (χ0n) is 16.8. The van der Waals surface area contributed by atoms with Crippen molar-refractivity contribution in [1.29, 1.82) is 0 Å². The van der Waals surface area contributed by atoms with Crippen LogP contribution in [-0.4, -0.2) is 19.1 Å². The minimum absolute atomic E-state index is 0.109. The third-order valence-corrected chi connectivity index (χ3v) is 4.76. The minimum Gasteiger partial charge on any atom is -0.490 e. The summed E-state index contributed by atoms with van der Waals surface area (Å²) in [4.78, 5) is 12.4. The van der Waals surface area contributed by atoms with Gasteiger partial charge in [0.2, 0.25) is 5.91 Å². The van der Waals surface area contributed by atoms with Crippen LogP contribution in [0.15, 0.2) is 48.5 Å². The highest BCUT2D eigenvalue weighted by Gasteiger charge is 2.29. The molecule has 0 aromatic heterocycles. The molecule has 0 saturated carbocycles. The van der Waals surface area contributed by atoms with E-state index in [9.17, 15) is 18.0 Å². The van der Waals surface area contributed by atoms with Crippen LogP contribution in [0.5, 0.6) is 11.5 Å². The van der Waals surface area contributed by atoms with Crippen LogP contribution >= 0.6 is 0 Å². The summed E-state index contributed by atoms with van der Waals surface area (Å²) in [7, 11) is 0. The van der Waals surface area contributed by atoms with E-state index in [0.29, 0.717) is 30.3 Å². The van der Waals surface area contributed by atoms with Crippen molar-refractivity contribution >= 4 is 12.0 Å². The first-order chi connectivity index (χ1) is 14.2. The Balaban J connectivity index is 1.70. The maximum atomic E-state index is 12.6. The molecule has 1 N–H and O–H groups in total. The molecule has 0 aliphatic carbocycles. The Morgan fingerprint density at radius 1 is 1.03 bits per heavy atom. The Morgan fingerprint density at radius 2 is 1.70 bits per heavy atom. The molecule has 1 unspecified atom stereocenters. The number of carbonyl (C=O) groups excluding carboxylic acids is 1. The topological polar surface area (TPSA) is 47.6 Å². The normalized spacial score (nSPS) is 15.1. The highest BCUT2D eigenvalue weighted by Crippen LogP contribution is 2.34. The second-order valence-corrected chi connectivity index (χ2v) is 7.44. The van der Waals surface area contributed by atoms with Gasteiger partial charge in [0.1, 0.15) is 0 Å². The third-order valence-electron chi connectivity index (χ3n) is 4.76. The lowest BCUT2D eigenvalue weighted by molar-refractivity contribution is -0.137. The maximum absolute atomic E-state index is 12.6. The summed E-state index contributed by atoms with van der Waals surface area (Å²) in [6.45, 7) is 5.16. The summed E-state index contributed by atoms with van der Waals surface area (Å²) in [6, 6.07) is 10.0. The van der Waals surface area contributed by atoms with Crippen molar-refractivity contribution in [3.8, 4) is 11.5 Å². The molecule has 1 aliphatic rings. The van der Waals surface area contributed by atoms with Crippen molar-refractivity contribution in [2.45, 2.75) is 32.5 Å². The molecule has 30 heavy (non-hydrogen) atoms. The Kier molecular flexibility index (Phi) is 6.70. The Hall–Kier alpha value is -2.96. The molecule has 160 valence electrons. The van der Waals surface area contributed by atoms with Crippen molar-refractivity contribution in [3.63, 3.8) is 0 Å². The number of amides is 1. The van der Waals surface area contributed by atoms with Gasteiger partial charge in [-0.2, -0.15) is 13.2 Å². The lowest BCUT2D eigenvalue weighted by atomic mass is 9.95. The SMILES string of the molecule is CC(C)C(NC(=O)/C=C/c1ccc(C(F)(F)F)cc1)c1ccc2c(c1)OCCCO2. The van der Waals surface area contributed by atoms with E-state index in [-0.39, 0.29) is 17.9 Å². The summed E-state index contributed by atoms with van der Waals surface area (Å²) in [5.74, 6) is 1.12. The molecule has 3 rings (SSSR count). The second-order valence-electron chi connectivity index (χ2n) is 7.44. The van der Waals surface area contributed by atoms with E-state index in [1.165, 1.54) is 24.3 Å². The Morgan fingerprint density at radius 3 is 2.33 bits per heavy atom. The average molecular weight is 419 g/mol. The fraction of sp³-hybridized carbons (Fsp3) is 0.348. The van der Waals surface area contributed by atoms with Gasteiger partial charge >= 0.3 is 6.18 Å². The number of ether oxygens (including phenoxy) is 2. The molecule has 0 radical (unpaired) electrons. The van der Waals surface area contributed by atoms with Crippen LogP contribution in [0, 0.1) is 5.92 Å². The van der Waals surface area contributed by atoms with Crippen LogP contribution in [0.2, 0.25) is 0 Å². The van der Waals surface area contributed by atoms with Crippen LogP contribution < -0.4 is 14.8 Å². The number of halogens is 3. The van der Waals surface area contributed by atoms with E-state index >= 15 is 0 Å². The zero-order chi connectivity index (χ0) is 21.7. The van der Waals surface area contributed by atoms with Gasteiger partial charge in [0.25, 0.3) is 0 Å². The molecular formula is C23H24F3NO3. The van der Waals surface area contributed by atoms with E-state index in [4.69, 9.17) is 9.47 Å². The predicted molar refractivity (Wildman–Crippen MR) is 108 cm³/mol. The molecule has 2 aromatic carbocycles. The summed E-state index contributed by atoms with van der Waals surface area (Å²) < 4.78 is 49.3. The number of nitrogens with one attached hydrogen (secondary N) is 1. The van der Waals surface area contributed by atoms with Crippen LogP contribution in [0.4, 0.5) is 13.2 Å². The van der Waals surface area contributed by atoms with Crippen LogP contribution in [0.1, 0.15) is 43.0 Å². The number of hydrogen-bond donors (Lipinski definition) is 1. The van der Waals surface area contributed by atoms with Gasteiger partial charge in [-0.15, -0.1) is 0 Å². The first-order valence-corrected chi connectivity index (χ1v) is 9.79. The Labute approximate surface area is 173 Å². The lowest BCUT2D eigenvalue weighted by Gasteiger charge is -2.23. The molecule has 0 bridgehead atoms. The molecule has 1 aliphatic heterocycles. The predicted octanol–water partition coefficient (Wildman–Crippen LogP) is 5.39. The van der Waals surface area contributed by atoms with Gasteiger partial charge in [-0.05, 0) is 47.4 Å². The standard InChI is InChI=1S/C23H24F3NO3/c1-15(2)22(17-7-10-19-20(14-17)30-13-3-12-29-19)27-21(28)11-6-16-4-8-18(9-5-16)23(24,25)26/h4-11,14-15,22H,3,12-13H2,1-2H3,(H,27,28)/b11-6+. The van der Waals surface area contributed by atoms with Crippen molar-refractivity contribution in [1.82, 2.24) is 5.32 Å². The van der Waals surface area contributed by atoms with Crippen molar-refractivity contribution < 1.29 is 27.4 Å². The molecule has 1 amide bonds. The monoisotopic (exact) mass is 419 g/mol. The largest absolute Gasteiger partial charge is 0.490 e. The molecule has 1 heterocycles. The third kappa shape index (κ3) is 5.55. The highest BCUT2D eigenvalue weighted by molar-refractivity contribution is 5.92. The van der Waals surface area contributed by atoms with Gasteiger partial charge < -0.3 is 14.8 Å². The second kappa shape index (κ2) is 9.24. The number of alkyl halides is 3. The fourth-order valence-corrected chi connectivity index (χ4v) is 3.16. The molecule has 1 atom stereocenters. The zero-order valence-corrected chi connectivity index (χ0v) is 16.8. The fourth-order valence-electron chi connectivity index (χ4n) is 3.16. The van der Waals surface area contributed by atoms with Crippen LogP contribution in [-0.2, 0) is 11.0 Å². The highest BCUT2D eigenvalue weighted by atomic mass is 19.4. The van der Waals surface area contributed by atoms with Gasteiger partial charge in [-0.3, -0.25) is 4.79 Å². The van der Waals surface area contributed by atoms with Gasteiger partial charge in [-0.25, -0.2) is 0 Å². The van der Waals surface area contributed by atoms with Crippen molar-refractivity contribution in [2.75, 3.05) is 13.2 Å². The van der Waals surface area contributed by atoms with Gasteiger partial charge in [0.15, 0.2) is 11.5 Å². The van der Waals surface area contributed by atoms with Gasteiger partial charge in [-0.1, -0.05) is 32.0 Å². The summed E-state index contributed by atoms with van der Waals surface area (Å²) >= 11 is 0. The minimum atomic E-state index is -4.38. The molecule has 4 nitrogen and oxygen atoms in total. The van der Waals surface area contributed by atoms with Crippen LogP contribution in [0.3, 0.4) is 0 Å². The average Bonchev–Trinajstić information content (AvgIpc) is 2.94. The van der Waals surface area contributed by atoms with Crippen molar-refractivity contribution in [2.24, 2.45) is 5.92 Å². The summed E-state index contributed by atoms with van der Waals surface area (Å²) in [5, 5.41) is 2.96. The number of carbonyl (C=O) groups is 1. The van der Waals surface area contributed by atoms with E-state index in [1.807, 2.05) is 32.0 Å². The number of benzene rings is 2. The number of rotatable bonds is 5. The number of fused-ring (bicyclic) bond motifs is 1. The van der Waals surface area contributed by atoms with Gasteiger partial charge in [0, 0.05) is 12.5 Å². The molecule has 0 saturated heterocycles. The molecular weight excluding hydrogens is 395 g/mol. The maximum Gasteiger partial charge on any atom is 0.416 e. The first kappa shape index (κ1) is 21.7. The number of hydrogen-bond acceptors (Lipinski definition) is 3. The van der Waals surface area contributed by atoms with E-state index in [2.05, 4.69) is 5.32 Å². The van der Waals surface area contributed by atoms with E-state index < -0.39 is 11.7 Å². The molecule has 0 spiro atoms. The van der Waals surface area contributed by atoms with Crippen molar-refractivity contribution in [3.05, 3.63) is 65.2 Å². The van der Waals surface area contributed by atoms with Gasteiger partial charge in [0.05, 0.1) is 24.8 Å². The van der Waals surface area contributed by atoms with E-state index in [1.54, 1.807) is 0 Å². The first-order valence-electron chi connectivity index (χ1n) is 9.79. The molecule has 0 fully saturated rings. The quantitative estimate of drug-likeness (QED) is 0.661. The lowest BCUT2D eigenvalue weighted by Crippen LogP contribution is -2.30. The Bertz CT molecular complexity index is 905. The smallest absolute Gasteiger partial charge is 0.416 e. The molecule has 7 heteroatoms. The molecule has 2 aromatic rings. The van der Waals surface area contributed by atoms with Crippen LogP contribution in [0.25, 0.3) is 6.08 Å². The van der Waals surface area contributed by atoms with E-state index in [0.717, 1.165) is 24.1 Å².